The molecule has 0 aliphatic carbocycles. The summed E-state index contributed by atoms with van der Waals surface area (Å²) in [6, 6.07) is 12.1. The Kier molecular flexibility index (Phi) is 5.78. The molecule has 0 fully saturated rings. The molecule has 31 heavy (non-hydrogen) atoms. The minimum Gasteiger partial charge on any atom is -0.399 e. The Balaban J connectivity index is 2.04. The molecule has 8 heteroatoms. The molecule has 3 rings (SSSR count). The Labute approximate surface area is 176 Å². The lowest BCUT2D eigenvalue weighted by Gasteiger charge is -2.32. The first kappa shape index (κ1) is 22.3. The third kappa shape index (κ3) is 4.25. The number of aliphatic hydroxyl groups is 1. The third-order valence-electron chi connectivity index (χ3n) is 5.01. The molecular formula is C23H20F4N2O2. The lowest BCUT2D eigenvalue weighted by Crippen LogP contribution is -2.43. The molecule has 0 radical (unpaired) electrons. The normalized spacial score (nSPS) is 13.5. The number of anilines is 2. The minimum atomic E-state index is -5.07. The second-order valence-electron chi connectivity index (χ2n) is 7.28. The smallest absolute Gasteiger partial charge is 0.399 e. The van der Waals surface area contributed by atoms with Gasteiger partial charge in [0.25, 0.3) is 5.91 Å². The van der Waals surface area contributed by atoms with Gasteiger partial charge in [0.15, 0.2) is 0 Å². The van der Waals surface area contributed by atoms with Gasteiger partial charge in [-0.2, -0.15) is 13.2 Å². The first-order valence-electron chi connectivity index (χ1n) is 9.27. The predicted octanol–water partition coefficient (Wildman–Crippen LogP) is 5.08. The monoisotopic (exact) mass is 432 g/mol. The first-order chi connectivity index (χ1) is 14.4. The molecular weight excluding hydrogens is 412 g/mol. The van der Waals surface area contributed by atoms with Gasteiger partial charge in [-0.25, -0.2) is 4.39 Å². The number of halogens is 4. The van der Waals surface area contributed by atoms with Gasteiger partial charge in [-0.3, -0.25) is 4.79 Å². The zero-order valence-electron chi connectivity index (χ0n) is 16.7. The van der Waals surface area contributed by atoms with Gasteiger partial charge >= 0.3 is 6.18 Å². The van der Waals surface area contributed by atoms with Gasteiger partial charge in [-0.05, 0) is 66.4 Å². The number of amides is 1. The molecule has 4 N–H and O–H groups in total. The summed E-state index contributed by atoms with van der Waals surface area (Å²) in [7, 11) is 0. The van der Waals surface area contributed by atoms with Gasteiger partial charge in [0, 0.05) is 16.9 Å². The molecule has 0 spiro atoms. The molecule has 0 heterocycles. The number of carbonyl (C=O) groups excluding carboxylic acids is 1. The van der Waals surface area contributed by atoms with Crippen LogP contribution in [0.2, 0.25) is 0 Å². The number of rotatable bonds is 4. The van der Waals surface area contributed by atoms with Crippen molar-refractivity contribution in [3.05, 3.63) is 94.3 Å². The van der Waals surface area contributed by atoms with Crippen molar-refractivity contribution in [1.29, 1.82) is 0 Å². The van der Waals surface area contributed by atoms with Crippen molar-refractivity contribution in [3.63, 3.8) is 0 Å². The maximum atomic E-state index is 14.0. The van der Waals surface area contributed by atoms with Gasteiger partial charge in [-0.1, -0.05) is 30.3 Å². The number of hydrogen-bond acceptors (Lipinski definition) is 3. The van der Waals surface area contributed by atoms with E-state index in [4.69, 9.17) is 5.73 Å². The molecule has 1 atom stereocenters. The molecule has 3 aromatic carbocycles. The Morgan fingerprint density at radius 1 is 0.935 bits per heavy atom. The quantitative estimate of drug-likeness (QED) is 0.398. The number of benzene rings is 3. The van der Waals surface area contributed by atoms with Crippen LogP contribution in [0.5, 0.6) is 0 Å². The number of hydrogen-bond donors (Lipinski definition) is 3. The molecule has 0 saturated heterocycles. The van der Waals surface area contributed by atoms with Crippen molar-refractivity contribution in [3.8, 4) is 0 Å². The Morgan fingerprint density at radius 3 is 2.03 bits per heavy atom. The number of carbonyl (C=O) groups is 1. The van der Waals surface area contributed by atoms with Crippen molar-refractivity contribution < 1.29 is 27.5 Å². The highest BCUT2D eigenvalue weighted by atomic mass is 19.4. The van der Waals surface area contributed by atoms with E-state index in [0.29, 0.717) is 28.1 Å². The second-order valence-corrected chi connectivity index (χ2v) is 7.28. The summed E-state index contributed by atoms with van der Waals surface area (Å²) in [5, 5.41) is 13.4. The van der Waals surface area contributed by atoms with E-state index >= 15 is 0 Å². The molecule has 162 valence electrons. The molecule has 4 nitrogen and oxygen atoms in total. The Morgan fingerprint density at radius 2 is 1.52 bits per heavy atom. The zero-order valence-corrected chi connectivity index (χ0v) is 16.7. The average molecular weight is 432 g/mol. The summed E-state index contributed by atoms with van der Waals surface area (Å²) in [5.41, 5.74) is 3.01. The van der Waals surface area contributed by atoms with Crippen LogP contribution in [0.3, 0.4) is 0 Å². The van der Waals surface area contributed by atoms with Crippen molar-refractivity contribution in [2.24, 2.45) is 0 Å². The molecule has 3 aromatic rings. The van der Waals surface area contributed by atoms with Crippen LogP contribution in [0.15, 0.2) is 60.7 Å². The SMILES string of the molecule is Cc1cc(C(O)(c2ccc(F)cc2)C(F)(F)F)cc(C)c1NC(=O)c1cccc(N)c1. The Bertz CT molecular complexity index is 1100. The van der Waals surface area contributed by atoms with Gasteiger partial charge < -0.3 is 16.2 Å². The minimum absolute atomic E-state index is 0.293. The van der Waals surface area contributed by atoms with E-state index in [1.54, 1.807) is 18.2 Å². The standard InChI is InChI=1S/C23H20F4N2O2/c1-13-10-17(22(31,23(25,26)27)16-6-8-18(24)9-7-16)11-14(2)20(13)29-21(30)15-4-3-5-19(28)12-15/h3-12,31H,28H2,1-2H3,(H,29,30). The van der Waals surface area contributed by atoms with E-state index in [0.717, 1.165) is 36.4 Å². The van der Waals surface area contributed by atoms with Crippen molar-refractivity contribution in [2.75, 3.05) is 11.1 Å². The number of nitrogen functional groups attached to an aromatic ring is 1. The fraction of sp³-hybridized carbons (Fsp3) is 0.174. The number of alkyl halides is 3. The van der Waals surface area contributed by atoms with Crippen LogP contribution in [0.1, 0.15) is 32.6 Å². The lowest BCUT2D eigenvalue weighted by atomic mass is 9.83. The lowest BCUT2D eigenvalue weighted by molar-refractivity contribution is -0.248. The van der Waals surface area contributed by atoms with E-state index < -0.39 is 34.6 Å². The molecule has 1 amide bonds. The maximum absolute atomic E-state index is 14.0. The molecule has 1 unspecified atom stereocenters. The van der Waals surface area contributed by atoms with Gasteiger partial charge in [0.2, 0.25) is 5.60 Å². The van der Waals surface area contributed by atoms with Crippen LogP contribution in [-0.4, -0.2) is 17.2 Å². The second kappa shape index (κ2) is 8.03. The first-order valence-corrected chi connectivity index (χ1v) is 9.27. The van der Waals surface area contributed by atoms with Crippen molar-refractivity contribution in [2.45, 2.75) is 25.6 Å². The molecule has 0 aliphatic heterocycles. The van der Waals surface area contributed by atoms with E-state index in [1.807, 2.05) is 0 Å². The van der Waals surface area contributed by atoms with Gasteiger partial charge in [0.05, 0.1) is 0 Å². The number of nitrogens with one attached hydrogen (secondary N) is 1. The third-order valence-corrected chi connectivity index (χ3v) is 5.01. The van der Waals surface area contributed by atoms with E-state index in [9.17, 15) is 27.5 Å². The highest BCUT2D eigenvalue weighted by molar-refractivity contribution is 6.05. The summed E-state index contributed by atoms with van der Waals surface area (Å²) in [6.45, 7) is 3.04. The maximum Gasteiger partial charge on any atom is 0.425 e. The summed E-state index contributed by atoms with van der Waals surface area (Å²) in [6.07, 6.45) is -5.07. The van der Waals surface area contributed by atoms with Crippen LogP contribution in [0, 0.1) is 19.7 Å². The van der Waals surface area contributed by atoms with Crippen molar-refractivity contribution >= 4 is 17.3 Å². The number of aryl methyl sites for hydroxylation is 2. The fourth-order valence-electron chi connectivity index (χ4n) is 3.42. The topological polar surface area (TPSA) is 75.3 Å². The predicted molar refractivity (Wildman–Crippen MR) is 110 cm³/mol. The van der Waals surface area contributed by atoms with Crippen LogP contribution in [0.25, 0.3) is 0 Å². The molecule has 0 bridgehead atoms. The zero-order chi connectivity index (χ0) is 23.0. The van der Waals surface area contributed by atoms with Crippen LogP contribution in [-0.2, 0) is 5.60 Å². The van der Waals surface area contributed by atoms with Crippen LogP contribution >= 0.6 is 0 Å². The van der Waals surface area contributed by atoms with Gasteiger partial charge in [-0.15, -0.1) is 0 Å². The number of nitrogens with two attached hydrogens (primary N) is 1. The summed E-state index contributed by atoms with van der Waals surface area (Å²) < 4.78 is 55.2. The van der Waals surface area contributed by atoms with Crippen LogP contribution in [0.4, 0.5) is 28.9 Å². The van der Waals surface area contributed by atoms with Crippen molar-refractivity contribution in [1.82, 2.24) is 0 Å². The van der Waals surface area contributed by atoms with Gasteiger partial charge in [0.1, 0.15) is 5.82 Å². The molecule has 0 saturated carbocycles. The molecule has 0 aromatic heterocycles. The molecule has 0 aliphatic rings. The van der Waals surface area contributed by atoms with E-state index in [1.165, 1.54) is 19.9 Å². The Hall–Kier alpha value is -3.39. The van der Waals surface area contributed by atoms with Crippen LogP contribution < -0.4 is 11.1 Å². The highest BCUT2D eigenvalue weighted by Crippen LogP contribution is 2.45. The summed E-state index contributed by atoms with van der Waals surface area (Å²) in [4.78, 5) is 12.5. The van der Waals surface area contributed by atoms with E-state index in [-0.39, 0.29) is 0 Å². The van der Waals surface area contributed by atoms with E-state index in [2.05, 4.69) is 5.32 Å². The fourth-order valence-corrected chi connectivity index (χ4v) is 3.42. The highest BCUT2D eigenvalue weighted by Gasteiger charge is 2.56. The largest absolute Gasteiger partial charge is 0.425 e. The average Bonchev–Trinajstić information content (AvgIpc) is 2.69. The summed E-state index contributed by atoms with van der Waals surface area (Å²) in [5.74, 6) is -1.20. The summed E-state index contributed by atoms with van der Waals surface area (Å²) >= 11 is 0.